The Labute approximate surface area is 303 Å². The molecule has 0 aromatic heterocycles. The number of fused-ring (bicyclic) bond motifs is 1. The average Bonchev–Trinajstić information content (AvgIpc) is 3.18. The van der Waals surface area contributed by atoms with Crippen molar-refractivity contribution in [2.45, 2.75) is 26.9 Å². The van der Waals surface area contributed by atoms with Gasteiger partial charge in [0.25, 0.3) is 0 Å². The van der Waals surface area contributed by atoms with Crippen molar-refractivity contribution < 1.29 is 0 Å². The first-order valence-electron chi connectivity index (χ1n) is 17.5. The van der Waals surface area contributed by atoms with Gasteiger partial charge in [-0.3, -0.25) is 4.99 Å². The summed E-state index contributed by atoms with van der Waals surface area (Å²) in [6, 6.07) is 40.7. The lowest BCUT2D eigenvalue weighted by Crippen LogP contribution is -2.25. The van der Waals surface area contributed by atoms with E-state index in [9.17, 15) is 0 Å². The standard InChI is InChI=1S/C49H44N2/c1-6-11-14-22-36(21-7-2)44(9-4)41-30-42(45(10-5)46-33-40-28-20-19-27-39(40)29-35(46)8-3)32-43(31-41)49-50-47(37-23-15-12-16-24-37)34-48(51-49)38-25-17-13-18-26-38/h6-34,49-50H,3-4H2,1-2,5H3/b11-6-,21-7-,22-14+,44-36-,45-10-. The zero-order valence-corrected chi connectivity index (χ0v) is 29.7. The molecule has 1 unspecified atom stereocenters. The fourth-order valence-corrected chi connectivity index (χ4v) is 6.59. The van der Waals surface area contributed by atoms with Crippen LogP contribution in [0.2, 0.25) is 0 Å². The Balaban J connectivity index is 1.60. The number of nitrogens with one attached hydrogen (secondary N) is 1. The van der Waals surface area contributed by atoms with Crippen LogP contribution in [-0.2, 0) is 0 Å². The summed E-state index contributed by atoms with van der Waals surface area (Å²) in [6.45, 7) is 14.7. The van der Waals surface area contributed by atoms with Crippen molar-refractivity contribution in [2.75, 3.05) is 0 Å². The van der Waals surface area contributed by atoms with Crippen LogP contribution in [0.15, 0.2) is 194 Å². The van der Waals surface area contributed by atoms with Crippen molar-refractivity contribution in [2.24, 2.45) is 4.99 Å². The van der Waals surface area contributed by atoms with Gasteiger partial charge >= 0.3 is 0 Å². The highest BCUT2D eigenvalue weighted by Gasteiger charge is 2.22. The summed E-state index contributed by atoms with van der Waals surface area (Å²) < 4.78 is 0. The fourth-order valence-electron chi connectivity index (χ4n) is 6.59. The molecule has 2 heteroatoms. The Hall–Kier alpha value is -6.25. The molecule has 1 aliphatic rings. The van der Waals surface area contributed by atoms with Gasteiger partial charge in [0.2, 0.25) is 0 Å². The van der Waals surface area contributed by atoms with Crippen LogP contribution in [0.5, 0.6) is 0 Å². The molecule has 51 heavy (non-hydrogen) atoms. The lowest BCUT2D eigenvalue weighted by molar-refractivity contribution is 0.663. The van der Waals surface area contributed by atoms with Crippen LogP contribution >= 0.6 is 0 Å². The van der Waals surface area contributed by atoms with E-state index in [0.717, 1.165) is 67.1 Å². The van der Waals surface area contributed by atoms with Gasteiger partial charge in [-0.15, -0.1) is 0 Å². The normalized spacial score (nSPS) is 15.5. The van der Waals surface area contributed by atoms with E-state index in [2.05, 4.69) is 165 Å². The SMILES string of the molecule is C=C/C(=C(\C=C/C)/C=C/C=C\C)c1cc(/C(=C/C)c2cc3ccccc3cc2C=C)cc(C2N=C(c3ccccc3)C=C(c3ccccc3)N2)c1. The second-order valence-electron chi connectivity index (χ2n) is 12.3. The quantitative estimate of drug-likeness (QED) is 0.140. The Morgan fingerprint density at radius 2 is 1.35 bits per heavy atom. The van der Waals surface area contributed by atoms with Crippen LogP contribution in [-0.4, -0.2) is 5.71 Å². The van der Waals surface area contributed by atoms with Gasteiger partial charge in [-0.25, -0.2) is 0 Å². The summed E-state index contributed by atoms with van der Waals surface area (Å²) >= 11 is 0. The third kappa shape index (κ3) is 7.82. The number of hydrogen-bond acceptors (Lipinski definition) is 2. The van der Waals surface area contributed by atoms with E-state index in [-0.39, 0.29) is 6.17 Å². The molecular weight excluding hydrogens is 617 g/mol. The summed E-state index contributed by atoms with van der Waals surface area (Å²) in [6.07, 6.45) is 20.4. The molecule has 0 bridgehead atoms. The van der Waals surface area contributed by atoms with Gasteiger partial charge in [0.05, 0.1) is 5.71 Å². The number of hydrogen-bond donors (Lipinski definition) is 1. The van der Waals surface area contributed by atoms with Crippen molar-refractivity contribution in [1.82, 2.24) is 5.32 Å². The monoisotopic (exact) mass is 660 g/mol. The Kier molecular flexibility index (Phi) is 11.2. The number of allylic oxidation sites excluding steroid dienone is 11. The zero-order valence-electron chi connectivity index (χ0n) is 29.7. The third-order valence-electron chi connectivity index (χ3n) is 9.05. The molecule has 0 aliphatic carbocycles. The van der Waals surface area contributed by atoms with E-state index < -0.39 is 0 Å². The van der Waals surface area contributed by atoms with Gasteiger partial charge in [-0.2, -0.15) is 0 Å². The smallest absolute Gasteiger partial charge is 0.145 e. The number of aliphatic imine (C=N–C) groups is 1. The topological polar surface area (TPSA) is 24.4 Å². The summed E-state index contributed by atoms with van der Waals surface area (Å²) in [5.41, 5.74) is 12.8. The van der Waals surface area contributed by atoms with Gasteiger partial charge in [-0.05, 0) is 124 Å². The maximum Gasteiger partial charge on any atom is 0.145 e. The Morgan fingerprint density at radius 3 is 2.00 bits per heavy atom. The highest BCUT2D eigenvalue weighted by molar-refractivity contribution is 6.13. The largest absolute Gasteiger partial charge is 0.360 e. The van der Waals surface area contributed by atoms with Crippen molar-refractivity contribution in [3.05, 3.63) is 228 Å². The van der Waals surface area contributed by atoms with E-state index in [0.29, 0.717) is 0 Å². The van der Waals surface area contributed by atoms with Crippen molar-refractivity contribution in [1.29, 1.82) is 0 Å². The van der Waals surface area contributed by atoms with E-state index >= 15 is 0 Å². The van der Waals surface area contributed by atoms with Crippen LogP contribution < -0.4 is 5.32 Å². The second kappa shape index (κ2) is 16.4. The second-order valence-corrected chi connectivity index (χ2v) is 12.3. The molecule has 1 aliphatic heterocycles. The summed E-state index contributed by atoms with van der Waals surface area (Å²) in [5, 5.41) is 6.18. The number of benzene rings is 5. The van der Waals surface area contributed by atoms with E-state index in [1.54, 1.807) is 0 Å². The molecule has 0 saturated carbocycles. The molecule has 2 nitrogen and oxygen atoms in total. The first-order valence-corrected chi connectivity index (χ1v) is 17.5. The fraction of sp³-hybridized carbons (Fsp3) is 0.0816. The van der Waals surface area contributed by atoms with Crippen LogP contribution in [0.25, 0.3) is 33.7 Å². The molecular formula is C49H44N2. The van der Waals surface area contributed by atoms with Crippen molar-refractivity contribution >= 4 is 39.4 Å². The molecule has 1 heterocycles. The van der Waals surface area contributed by atoms with Crippen LogP contribution in [0.4, 0.5) is 0 Å². The van der Waals surface area contributed by atoms with Gasteiger partial charge in [0.15, 0.2) is 0 Å². The first-order chi connectivity index (χ1) is 25.1. The van der Waals surface area contributed by atoms with Crippen molar-refractivity contribution in [3.8, 4) is 0 Å². The third-order valence-corrected chi connectivity index (χ3v) is 9.05. The van der Waals surface area contributed by atoms with Crippen LogP contribution in [0.1, 0.15) is 65.9 Å². The Bertz CT molecular complexity index is 2270. The number of nitrogens with zero attached hydrogens (tertiary/aromatic N) is 1. The minimum atomic E-state index is -0.345. The first kappa shape index (κ1) is 34.6. The van der Waals surface area contributed by atoms with Gasteiger partial charge < -0.3 is 5.32 Å². The van der Waals surface area contributed by atoms with E-state index in [4.69, 9.17) is 4.99 Å². The molecule has 0 saturated heterocycles. The Morgan fingerprint density at radius 1 is 0.686 bits per heavy atom. The maximum atomic E-state index is 5.35. The molecule has 0 fully saturated rings. The summed E-state index contributed by atoms with van der Waals surface area (Å²) in [7, 11) is 0. The molecule has 0 spiro atoms. The maximum absolute atomic E-state index is 5.35. The predicted octanol–water partition coefficient (Wildman–Crippen LogP) is 12.7. The highest BCUT2D eigenvalue weighted by atomic mass is 15.1. The lowest BCUT2D eigenvalue weighted by atomic mass is 9.87. The molecule has 1 atom stereocenters. The molecule has 6 rings (SSSR count). The molecule has 5 aromatic carbocycles. The molecule has 0 amide bonds. The predicted molar refractivity (Wildman–Crippen MR) is 222 cm³/mol. The number of rotatable bonds is 11. The zero-order chi connectivity index (χ0) is 35.6. The summed E-state index contributed by atoms with van der Waals surface area (Å²) in [4.78, 5) is 5.35. The van der Waals surface area contributed by atoms with Gasteiger partial charge in [0.1, 0.15) is 6.17 Å². The molecule has 1 N–H and O–H groups in total. The molecule has 0 radical (unpaired) electrons. The highest BCUT2D eigenvalue weighted by Crippen LogP contribution is 2.36. The minimum absolute atomic E-state index is 0.345. The summed E-state index contributed by atoms with van der Waals surface area (Å²) in [5.74, 6) is 0. The van der Waals surface area contributed by atoms with E-state index in [1.165, 1.54) is 10.8 Å². The van der Waals surface area contributed by atoms with Crippen molar-refractivity contribution in [3.63, 3.8) is 0 Å². The van der Waals surface area contributed by atoms with E-state index in [1.807, 2.05) is 50.3 Å². The van der Waals surface area contributed by atoms with Gasteiger partial charge in [-0.1, -0.05) is 153 Å². The lowest BCUT2D eigenvalue weighted by Gasteiger charge is -2.26. The van der Waals surface area contributed by atoms with Crippen LogP contribution in [0.3, 0.4) is 0 Å². The minimum Gasteiger partial charge on any atom is -0.360 e. The molecule has 250 valence electrons. The van der Waals surface area contributed by atoms with Crippen LogP contribution in [0, 0.1) is 0 Å². The molecule has 5 aromatic rings. The average molecular weight is 661 g/mol. The van der Waals surface area contributed by atoms with Gasteiger partial charge in [0, 0.05) is 5.70 Å².